The zero-order chi connectivity index (χ0) is 17.9. The molecule has 2 saturated carbocycles. The van der Waals surface area contributed by atoms with E-state index < -0.39 is 0 Å². The first-order chi connectivity index (χ1) is 12.7. The summed E-state index contributed by atoms with van der Waals surface area (Å²) in [6, 6.07) is 17.2. The molecule has 0 bridgehead atoms. The predicted molar refractivity (Wildman–Crippen MR) is 102 cm³/mol. The zero-order valence-electron chi connectivity index (χ0n) is 14.9. The van der Waals surface area contributed by atoms with Gasteiger partial charge in [-0.15, -0.1) is 0 Å². The second-order valence-electron chi connectivity index (χ2n) is 7.28. The van der Waals surface area contributed by atoms with Gasteiger partial charge >= 0.3 is 0 Å². The number of rotatable bonds is 5. The summed E-state index contributed by atoms with van der Waals surface area (Å²) in [4.78, 5) is 27.4. The molecule has 0 saturated heterocycles. The van der Waals surface area contributed by atoms with Crippen molar-refractivity contribution in [3.63, 3.8) is 0 Å². The van der Waals surface area contributed by atoms with Gasteiger partial charge in [0.1, 0.15) is 0 Å². The summed E-state index contributed by atoms with van der Waals surface area (Å²) in [7, 11) is 0. The number of hydrogen-bond acceptors (Lipinski definition) is 2. The van der Waals surface area contributed by atoms with Gasteiger partial charge in [0.25, 0.3) is 11.8 Å². The van der Waals surface area contributed by atoms with Crippen molar-refractivity contribution >= 4 is 17.5 Å². The number of amides is 2. The van der Waals surface area contributed by atoms with Gasteiger partial charge in [-0.25, -0.2) is 0 Å². The van der Waals surface area contributed by atoms with Gasteiger partial charge in [0.05, 0.1) is 0 Å². The Labute approximate surface area is 154 Å². The molecule has 2 aromatic carbocycles. The topological polar surface area (TPSA) is 49.4 Å². The molecule has 0 unspecified atom stereocenters. The number of carbonyl (C=O) groups excluding carboxylic acids is 2. The first-order valence-electron chi connectivity index (χ1n) is 9.51. The molecule has 4 rings (SSSR count). The van der Waals surface area contributed by atoms with Crippen molar-refractivity contribution in [2.24, 2.45) is 0 Å². The van der Waals surface area contributed by atoms with E-state index in [4.69, 9.17) is 0 Å². The molecule has 134 valence electrons. The van der Waals surface area contributed by atoms with E-state index in [1.54, 1.807) is 12.1 Å². The Morgan fingerprint density at radius 2 is 1.38 bits per heavy atom. The quantitative estimate of drug-likeness (QED) is 0.866. The van der Waals surface area contributed by atoms with Crippen LogP contribution in [0.25, 0.3) is 0 Å². The van der Waals surface area contributed by atoms with Gasteiger partial charge < -0.3 is 10.2 Å². The maximum absolute atomic E-state index is 13.0. The van der Waals surface area contributed by atoms with Crippen LogP contribution in [0.15, 0.2) is 54.6 Å². The van der Waals surface area contributed by atoms with E-state index >= 15 is 0 Å². The molecule has 0 radical (unpaired) electrons. The molecule has 0 aliphatic heterocycles. The summed E-state index contributed by atoms with van der Waals surface area (Å²) in [5.41, 5.74) is 2.03. The maximum atomic E-state index is 13.0. The van der Waals surface area contributed by atoms with Crippen molar-refractivity contribution < 1.29 is 9.59 Å². The second kappa shape index (κ2) is 7.32. The molecule has 2 amide bonds. The number of anilines is 1. The van der Waals surface area contributed by atoms with Crippen molar-refractivity contribution in [2.45, 2.75) is 50.6 Å². The van der Waals surface area contributed by atoms with E-state index in [9.17, 15) is 9.59 Å². The Morgan fingerprint density at radius 1 is 0.769 bits per heavy atom. The highest BCUT2D eigenvalue weighted by Gasteiger charge is 2.38. The molecule has 0 aromatic heterocycles. The molecule has 2 aliphatic carbocycles. The van der Waals surface area contributed by atoms with Gasteiger partial charge in [-0.1, -0.05) is 31.0 Å². The molecule has 0 atom stereocenters. The lowest BCUT2D eigenvalue weighted by molar-refractivity contribution is 0.0664. The van der Waals surface area contributed by atoms with Crippen LogP contribution in [-0.2, 0) is 0 Å². The molecule has 1 N–H and O–H groups in total. The summed E-state index contributed by atoms with van der Waals surface area (Å²) in [5.74, 6) is -0.00410. The Hall–Kier alpha value is -2.62. The third-order valence-electron chi connectivity index (χ3n) is 5.32. The SMILES string of the molecule is O=C(Nc1ccc(C(=O)N(C2CCCC2)C2CC2)cc1)c1ccccc1. The minimum Gasteiger partial charge on any atom is -0.333 e. The van der Waals surface area contributed by atoms with Crippen LogP contribution in [0.1, 0.15) is 59.2 Å². The number of nitrogens with zero attached hydrogens (tertiary/aromatic N) is 1. The molecule has 4 nitrogen and oxygen atoms in total. The third-order valence-corrected chi connectivity index (χ3v) is 5.32. The summed E-state index contributed by atoms with van der Waals surface area (Å²) in [6.45, 7) is 0. The van der Waals surface area contributed by atoms with Crippen LogP contribution >= 0.6 is 0 Å². The molecule has 4 heteroatoms. The second-order valence-corrected chi connectivity index (χ2v) is 7.28. The minimum absolute atomic E-state index is 0.139. The average molecular weight is 348 g/mol. The van der Waals surface area contributed by atoms with Gasteiger partial charge in [-0.2, -0.15) is 0 Å². The molecule has 2 fully saturated rings. The van der Waals surface area contributed by atoms with Gasteiger partial charge in [0.2, 0.25) is 0 Å². The highest BCUT2D eigenvalue weighted by Crippen LogP contribution is 2.35. The third kappa shape index (κ3) is 3.64. The number of carbonyl (C=O) groups is 2. The van der Waals surface area contributed by atoms with Crippen LogP contribution in [0.3, 0.4) is 0 Å². The van der Waals surface area contributed by atoms with Crippen LogP contribution in [-0.4, -0.2) is 28.8 Å². The van der Waals surface area contributed by atoms with Crippen molar-refractivity contribution in [3.8, 4) is 0 Å². The van der Waals surface area contributed by atoms with Gasteiger partial charge in [-0.3, -0.25) is 9.59 Å². The van der Waals surface area contributed by atoms with Crippen LogP contribution in [0, 0.1) is 0 Å². The Balaban J connectivity index is 1.45. The van der Waals surface area contributed by atoms with E-state index in [1.807, 2.05) is 42.5 Å². The fourth-order valence-corrected chi connectivity index (χ4v) is 3.80. The Kier molecular flexibility index (Phi) is 4.74. The van der Waals surface area contributed by atoms with Gasteiger partial charge in [-0.05, 0) is 62.1 Å². The largest absolute Gasteiger partial charge is 0.333 e. The van der Waals surface area contributed by atoms with Crippen LogP contribution in [0.2, 0.25) is 0 Å². The lowest BCUT2D eigenvalue weighted by atomic mass is 10.1. The summed E-state index contributed by atoms with van der Waals surface area (Å²) in [5, 5.41) is 2.88. The van der Waals surface area contributed by atoms with Crippen molar-refractivity contribution in [3.05, 3.63) is 65.7 Å². The van der Waals surface area contributed by atoms with Crippen LogP contribution in [0.5, 0.6) is 0 Å². The lowest BCUT2D eigenvalue weighted by Crippen LogP contribution is -2.40. The molecule has 0 spiro atoms. The number of hydrogen-bond donors (Lipinski definition) is 1. The van der Waals surface area contributed by atoms with Crippen molar-refractivity contribution in [2.75, 3.05) is 5.32 Å². The normalized spacial score (nSPS) is 17.1. The summed E-state index contributed by atoms with van der Waals surface area (Å²) < 4.78 is 0. The predicted octanol–water partition coefficient (Wildman–Crippen LogP) is 4.49. The van der Waals surface area contributed by atoms with E-state index in [-0.39, 0.29) is 11.8 Å². The molecular formula is C22H24N2O2. The smallest absolute Gasteiger partial charge is 0.255 e. The fourth-order valence-electron chi connectivity index (χ4n) is 3.80. The van der Waals surface area contributed by atoms with E-state index in [0.29, 0.717) is 28.9 Å². The van der Waals surface area contributed by atoms with Gasteiger partial charge in [0, 0.05) is 28.9 Å². The average Bonchev–Trinajstić information content (AvgIpc) is 3.36. The highest BCUT2D eigenvalue weighted by molar-refractivity contribution is 6.04. The first-order valence-corrected chi connectivity index (χ1v) is 9.51. The molecular weight excluding hydrogens is 324 g/mol. The Morgan fingerprint density at radius 3 is 2.00 bits per heavy atom. The van der Waals surface area contributed by atoms with Crippen molar-refractivity contribution in [1.29, 1.82) is 0 Å². The summed E-state index contributed by atoms with van der Waals surface area (Å²) >= 11 is 0. The fraction of sp³-hybridized carbons (Fsp3) is 0.364. The van der Waals surface area contributed by atoms with E-state index in [1.165, 1.54) is 12.8 Å². The van der Waals surface area contributed by atoms with Crippen LogP contribution in [0.4, 0.5) is 5.69 Å². The molecule has 0 heterocycles. The monoisotopic (exact) mass is 348 g/mol. The first kappa shape index (κ1) is 16.8. The molecule has 2 aliphatic rings. The Bertz CT molecular complexity index is 776. The molecule has 26 heavy (non-hydrogen) atoms. The molecule has 2 aromatic rings. The minimum atomic E-state index is -0.143. The van der Waals surface area contributed by atoms with Gasteiger partial charge in [0.15, 0.2) is 0 Å². The standard InChI is InChI=1S/C22H24N2O2/c25-21(16-6-2-1-3-7-16)23-18-12-10-17(11-13-18)22(26)24(20-14-15-20)19-8-4-5-9-19/h1-3,6-7,10-13,19-20H,4-5,8-9,14-15H2,(H,23,25). The zero-order valence-corrected chi connectivity index (χ0v) is 14.9. The summed E-state index contributed by atoms with van der Waals surface area (Å²) in [6.07, 6.45) is 6.99. The lowest BCUT2D eigenvalue weighted by Gasteiger charge is -2.29. The number of benzene rings is 2. The van der Waals surface area contributed by atoms with E-state index in [0.717, 1.165) is 25.7 Å². The number of nitrogens with one attached hydrogen (secondary N) is 1. The maximum Gasteiger partial charge on any atom is 0.255 e. The highest BCUT2D eigenvalue weighted by atomic mass is 16.2. The van der Waals surface area contributed by atoms with Crippen molar-refractivity contribution in [1.82, 2.24) is 4.90 Å². The van der Waals surface area contributed by atoms with Crippen LogP contribution < -0.4 is 5.32 Å². The van der Waals surface area contributed by atoms with E-state index in [2.05, 4.69) is 10.2 Å².